The smallest absolute Gasteiger partial charge is 0.0622 e. The molecule has 0 bridgehead atoms. The molecule has 0 aliphatic carbocycles. The molecule has 0 radical (unpaired) electrons. The number of hydrogen-bond donors (Lipinski definition) is 0. The zero-order chi connectivity index (χ0) is 51.4. The number of fused-ring (bicyclic) bond motifs is 3. The maximum Gasteiger partial charge on any atom is 0.0629 e. The fourth-order valence-electron chi connectivity index (χ4n) is 4.69. The van der Waals surface area contributed by atoms with Gasteiger partial charge < -0.3 is 0 Å². The molecule has 0 unspecified atom stereocenters. The van der Waals surface area contributed by atoms with E-state index in [2.05, 4.69) is 0 Å². The summed E-state index contributed by atoms with van der Waals surface area (Å²) in [4.78, 5) is 0. The molecular weight excluding hydrogens is 504 g/mol. The highest BCUT2D eigenvalue weighted by Gasteiger charge is 2.17. The molecule has 8 aromatic rings. The van der Waals surface area contributed by atoms with Gasteiger partial charge in [0.25, 0.3) is 0 Å². The van der Waals surface area contributed by atoms with Crippen LogP contribution < -0.4 is 0 Å². The first-order valence-electron chi connectivity index (χ1n) is 25.8. The molecule has 0 atom stereocenters. The van der Waals surface area contributed by atoms with Gasteiger partial charge in [0.2, 0.25) is 0 Å². The molecule has 0 saturated carbocycles. The average molecular weight is 560 g/mol. The molecule has 0 spiro atoms. The summed E-state index contributed by atoms with van der Waals surface area (Å²) in [6.07, 6.45) is 0. The fourth-order valence-corrected chi connectivity index (χ4v) is 4.69. The monoisotopic (exact) mass is 559 g/mol. The molecule has 8 aromatic carbocycles. The van der Waals surface area contributed by atoms with Crippen LogP contribution in [-0.4, -0.2) is 0 Å². The lowest BCUT2D eigenvalue weighted by Gasteiger charge is -2.19. The Morgan fingerprint density at radius 2 is 0.714 bits per heavy atom. The Kier molecular flexibility index (Phi) is 2.25. The van der Waals surface area contributed by atoms with Crippen LogP contribution in [0, 0.1) is 0 Å². The van der Waals surface area contributed by atoms with Gasteiger partial charge in [0.05, 0.1) is 37.0 Å². The third-order valence-corrected chi connectivity index (χ3v) is 6.51. The van der Waals surface area contributed by atoms with E-state index in [1.807, 2.05) is 0 Å². The predicted octanol–water partition coefficient (Wildman–Crippen LogP) is 11.8. The Hall–Kier alpha value is -5.46. The molecular formula is C42H28. The van der Waals surface area contributed by atoms with Gasteiger partial charge in [0, 0.05) is 0 Å². The predicted molar refractivity (Wildman–Crippen MR) is 181 cm³/mol. The minimum Gasteiger partial charge on any atom is -0.0622 e. The largest absolute Gasteiger partial charge is 0.0629 e. The van der Waals surface area contributed by atoms with E-state index in [-0.39, 0.29) is 5.39 Å². The molecule has 8 rings (SSSR count). The maximum absolute atomic E-state index is 9.44. The van der Waals surface area contributed by atoms with Gasteiger partial charge in [-0.2, -0.15) is 0 Å². The lowest BCUT2D eigenvalue weighted by Crippen LogP contribution is -1.91. The van der Waals surface area contributed by atoms with Crippen LogP contribution in [0.25, 0.3) is 76.8 Å². The first kappa shape index (κ1) is 9.28. The Balaban J connectivity index is 1.61. The maximum atomic E-state index is 9.44. The van der Waals surface area contributed by atoms with Crippen molar-refractivity contribution in [3.63, 3.8) is 0 Å². The lowest BCUT2D eigenvalue weighted by molar-refractivity contribution is 1.59. The highest BCUT2D eigenvalue weighted by atomic mass is 14.2. The van der Waals surface area contributed by atoms with Crippen molar-refractivity contribution in [2.45, 2.75) is 0 Å². The number of rotatable bonds is 4. The third kappa shape index (κ3) is 4.08. The zero-order valence-corrected chi connectivity index (χ0v) is 21.1. The molecule has 0 amide bonds. The van der Waals surface area contributed by atoms with Crippen molar-refractivity contribution in [1.82, 2.24) is 0 Å². The van der Waals surface area contributed by atoms with Crippen LogP contribution in [0.1, 0.15) is 37.0 Å². The van der Waals surface area contributed by atoms with Gasteiger partial charge in [-0.05, 0) is 76.8 Å². The van der Waals surface area contributed by atoms with Crippen LogP contribution in [0.3, 0.4) is 0 Å². The highest BCUT2D eigenvalue weighted by molar-refractivity contribution is 6.23. The van der Waals surface area contributed by atoms with Gasteiger partial charge in [0.1, 0.15) is 0 Å². The van der Waals surface area contributed by atoms with Gasteiger partial charge in [0.15, 0.2) is 0 Å². The van der Waals surface area contributed by atoms with E-state index in [1.165, 1.54) is 0 Å². The molecule has 0 aliphatic heterocycles. The summed E-state index contributed by atoms with van der Waals surface area (Å²) in [5.74, 6) is 0. The normalized spacial score (nSPS) is 20.3. The van der Waals surface area contributed by atoms with Gasteiger partial charge in [-0.15, -0.1) is 0 Å². The topological polar surface area (TPSA) is 0 Å². The highest BCUT2D eigenvalue weighted by Crippen LogP contribution is 2.45. The van der Waals surface area contributed by atoms with Crippen LogP contribution in [0.15, 0.2) is 169 Å². The molecule has 196 valence electrons. The van der Waals surface area contributed by atoms with E-state index in [0.29, 0.717) is 0 Å². The van der Waals surface area contributed by atoms with E-state index in [4.69, 9.17) is 24.7 Å². The van der Waals surface area contributed by atoms with Crippen molar-refractivity contribution < 1.29 is 37.0 Å². The van der Waals surface area contributed by atoms with Crippen LogP contribution in [-0.2, 0) is 0 Å². The second kappa shape index (κ2) is 10.2. The van der Waals surface area contributed by atoms with Crippen LogP contribution >= 0.6 is 0 Å². The Morgan fingerprint density at radius 3 is 1.29 bits per heavy atom. The fraction of sp³-hybridized carbons (Fsp3) is 0. The molecule has 0 aromatic heterocycles. The molecule has 0 saturated heterocycles. The first-order valence-corrected chi connectivity index (χ1v) is 12.3. The summed E-state index contributed by atoms with van der Waals surface area (Å²) >= 11 is 0. The summed E-state index contributed by atoms with van der Waals surface area (Å²) in [5.41, 5.74) is -5.84. The van der Waals surface area contributed by atoms with Crippen molar-refractivity contribution >= 4 is 32.3 Å². The van der Waals surface area contributed by atoms with E-state index >= 15 is 0 Å². The second-order valence-electron chi connectivity index (χ2n) is 8.83. The molecule has 0 N–H and O–H groups in total. The quantitative estimate of drug-likeness (QED) is 0.188. The first-order chi connectivity index (χ1) is 32.1. The summed E-state index contributed by atoms with van der Waals surface area (Å²) in [6, 6.07) is -23.8. The van der Waals surface area contributed by atoms with Crippen molar-refractivity contribution in [3.05, 3.63) is 169 Å². The van der Waals surface area contributed by atoms with E-state index < -0.39 is 235 Å². The van der Waals surface area contributed by atoms with E-state index in [9.17, 15) is 12.3 Å². The van der Waals surface area contributed by atoms with Crippen LogP contribution in [0.5, 0.6) is 0 Å². The average Bonchev–Trinajstić information content (AvgIpc) is 3.31. The van der Waals surface area contributed by atoms with E-state index in [0.717, 1.165) is 6.07 Å². The van der Waals surface area contributed by atoms with Gasteiger partial charge >= 0.3 is 0 Å². The van der Waals surface area contributed by atoms with Crippen molar-refractivity contribution in [3.8, 4) is 44.5 Å². The van der Waals surface area contributed by atoms with Gasteiger partial charge in [-0.25, -0.2) is 0 Å². The Labute approximate surface area is 284 Å². The molecule has 0 heteroatoms. The van der Waals surface area contributed by atoms with Gasteiger partial charge in [-0.1, -0.05) is 169 Å². The molecule has 0 heterocycles. The van der Waals surface area contributed by atoms with E-state index in [1.54, 1.807) is 0 Å². The summed E-state index contributed by atoms with van der Waals surface area (Å²) in [7, 11) is 0. The number of benzene rings is 8. The summed E-state index contributed by atoms with van der Waals surface area (Å²) in [5, 5.41) is -3.51. The number of hydrogen-bond acceptors (Lipinski definition) is 0. The van der Waals surface area contributed by atoms with Gasteiger partial charge in [-0.3, -0.25) is 0 Å². The van der Waals surface area contributed by atoms with Crippen molar-refractivity contribution in [1.29, 1.82) is 0 Å². The standard InChI is InChI=1S/C42H28/c1-2-11-29(12-3-1)30-21-23-31(24-22-30)32-25-27-34(28-26-32)41-37-16-6-8-18-39(37)42(40-19-9-7-17-38(40)41)36-20-10-14-33-13-4-5-15-35(33)36/h1-28H/i1D,2D,3D,4D,5D,6D,7D,8D,9D,10D,11D,12D,13D,14D,16D,17D,18D,19D,20D,21D,22D,23D,24D,25D,26D,27D,28D. The Bertz CT molecular complexity index is 3570. The SMILES string of the molecule is [2H]c1cc2c(-c3c4c([2H])c([2H])c([2H])c([2H])c4c(-c4c([2H])c([2H])c(-c5c([2H])c([2H])c(-c6c([2H])c([2H])c([2H])c([2H])c6[2H])c([2H])c5[2H])c([2H])c4[2H])c4c([2H])c([2H])c([2H])c([2H])c34)c([2H])c([2H])c([2H])c2c([2H])c1[2H]. The van der Waals surface area contributed by atoms with Crippen LogP contribution in [0.4, 0.5) is 0 Å². The minimum atomic E-state index is -1.09. The molecule has 0 aliphatic rings. The third-order valence-electron chi connectivity index (χ3n) is 6.51. The molecule has 42 heavy (non-hydrogen) atoms. The minimum absolute atomic E-state index is 0.353. The van der Waals surface area contributed by atoms with Crippen molar-refractivity contribution in [2.75, 3.05) is 0 Å². The van der Waals surface area contributed by atoms with Crippen molar-refractivity contribution in [2.24, 2.45) is 0 Å². The zero-order valence-electron chi connectivity index (χ0n) is 48.1. The molecule has 0 fully saturated rings. The Morgan fingerprint density at radius 1 is 0.286 bits per heavy atom. The second-order valence-corrected chi connectivity index (χ2v) is 8.83. The summed E-state index contributed by atoms with van der Waals surface area (Å²) in [6.45, 7) is 0. The molecule has 0 nitrogen and oxygen atoms in total. The summed E-state index contributed by atoms with van der Waals surface area (Å²) < 4.78 is 238. The van der Waals surface area contributed by atoms with Crippen LogP contribution in [0.2, 0.25) is 0 Å². The lowest BCUT2D eigenvalue weighted by atomic mass is 9.84.